The number of amides is 1. The summed E-state index contributed by atoms with van der Waals surface area (Å²) in [6.07, 6.45) is 0. The van der Waals surface area contributed by atoms with Crippen molar-refractivity contribution in [3.05, 3.63) is 76.3 Å². The van der Waals surface area contributed by atoms with Crippen LogP contribution in [0.4, 0.5) is 8.78 Å². The van der Waals surface area contributed by atoms with Crippen LogP contribution in [-0.2, 0) is 6.54 Å². The van der Waals surface area contributed by atoms with Gasteiger partial charge in [-0.15, -0.1) is 11.3 Å². The van der Waals surface area contributed by atoms with Crippen LogP contribution < -0.4 is 5.32 Å². The zero-order valence-electron chi connectivity index (χ0n) is 12.8. The molecule has 1 heterocycles. The maximum absolute atomic E-state index is 13.6. The molecule has 122 valence electrons. The summed E-state index contributed by atoms with van der Waals surface area (Å²) in [6, 6.07) is 10.7. The van der Waals surface area contributed by atoms with Crippen LogP contribution in [0.15, 0.2) is 47.8 Å². The zero-order valence-corrected chi connectivity index (χ0v) is 13.7. The average Bonchev–Trinajstić information content (AvgIpc) is 3.04. The number of nitrogens with zero attached hydrogens (tertiary/aromatic N) is 1. The second-order valence-corrected chi connectivity index (χ2v) is 6.12. The number of aromatic nitrogens is 1. The average molecular weight is 344 g/mol. The predicted molar refractivity (Wildman–Crippen MR) is 89.8 cm³/mol. The van der Waals surface area contributed by atoms with Crippen LogP contribution in [-0.4, -0.2) is 10.9 Å². The zero-order chi connectivity index (χ0) is 17.1. The van der Waals surface area contributed by atoms with Gasteiger partial charge in [0.05, 0.1) is 17.8 Å². The predicted octanol–water partition coefficient (Wildman–Crippen LogP) is 4.33. The smallest absolute Gasteiger partial charge is 0.254 e. The lowest BCUT2D eigenvalue weighted by atomic mass is 10.1. The topological polar surface area (TPSA) is 42.0 Å². The number of carbonyl (C=O) groups is 1. The molecular weight excluding hydrogens is 330 g/mol. The minimum absolute atomic E-state index is 0.150. The number of benzene rings is 2. The Balaban J connectivity index is 1.71. The van der Waals surface area contributed by atoms with Gasteiger partial charge >= 0.3 is 0 Å². The normalized spacial score (nSPS) is 10.6. The van der Waals surface area contributed by atoms with Crippen molar-refractivity contribution in [3.63, 3.8) is 0 Å². The van der Waals surface area contributed by atoms with Crippen LogP contribution in [0.1, 0.15) is 21.6 Å². The SMILES string of the molecule is Cc1ccccc1-c1nc(CNC(=O)c2cc(F)ccc2F)cs1. The lowest BCUT2D eigenvalue weighted by Gasteiger charge is -2.05. The van der Waals surface area contributed by atoms with E-state index in [-0.39, 0.29) is 12.1 Å². The second-order valence-electron chi connectivity index (χ2n) is 5.27. The van der Waals surface area contributed by atoms with E-state index >= 15 is 0 Å². The molecule has 0 aliphatic rings. The first-order valence-corrected chi connectivity index (χ1v) is 8.16. The molecule has 3 aromatic rings. The van der Waals surface area contributed by atoms with E-state index in [4.69, 9.17) is 0 Å². The molecule has 0 aliphatic heterocycles. The Bertz CT molecular complexity index is 892. The van der Waals surface area contributed by atoms with Gasteiger partial charge in [-0.1, -0.05) is 24.3 Å². The molecule has 0 atom stereocenters. The summed E-state index contributed by atoms with van der Waals surface area (Å²) in [7, 11) is 0. The third-order valence-corrected chi connectivity index (χ3v) is 4.45. The fourth-order valence-corrected chi connectivity index (χ4v) is 3.17. The highest BCUT2D eigenvalue weighted by atomic mass is 32.1. The Labute approximate surface area is 142 Å². The number of aryl methyl sites for hydroxylation is 1. The number of hydrogen-bond donors (Lipinski definition) is 1. The quantitative estimate of drug-likeness (QED) is 0.765. The Hall–Kier alpha value is -2.60. The Morgan fingerprint density at radius 3 is 2.79 bits per heavy atom. The van der Waals surface area contributed by atoms with Gasteiger partial charge in [0.15, 0.2) is 0 Å². The third kappa shape index (κ3) is 3.49. The molecule has 1 aromatic heterocycles. The van der Waals surface area contributed by atoms with E-state index in [9.17, 15) is 13.6 Å². The summed E-state index contributed by atoms with van der Waals surface area (Å²) in [4.78, 5) is 16.5. The molecule has 3 nitrogen and oxygen atoms in total. The molecule has 0 aliphatic carbocycles. The van der Waals surface area contributed by atoms with Gasteiger partial charge in [-0.25, -0.2) is 13.8 Å². The molecule has 2 aromatic carbocycles. The van der Waals surface area contributed by atoms with Crippen molar-refractivity contribution in [3.8, 4) is 10.6 Å². The third-order valence-electron chi connectivity index (χ3n) is 3.53. The molecule has 0 spiro atoms. The molecule has 0 unspecified atom stereocenters. The maximum atomic E-state index is 13.6. The molecule has 1 amide bonds. The highest BCUT2D eigenvalue weighted by molar-refractivity contribution is 7.13. The van der Waals surface area contributed by atoms with Gasteiger partial charge in [-0.3, -0.25) is 4.79 Å². The fraction of sp³-hybridized carbons (Fsp3) is 0.111. The van der Waals surface area contributed by atoms with E-state index in [0.717, 1.165) is 34.3 Å². The van der Waals surface area contributed by atoms with Gasteiger partial charge in [0.1, 0.15) is 16.6 Å². The summed E-state index contributed by atoms with van der Waals surface area (Å²) in [5.74, 6) is -2.08. The van der Waals surface area contributed by atoms with Crippen LogP contribution in [0.3, 0.4) is 0 Å². The molecule has 0 fully saturated rings. The van der Waals surface area contributed by atoms with Crippen LogP contribution in [0.2, 0.25) is 0 Å². The highest BCUT2D eigenvalue weighted by Crippen LogP contribution is 2.26. The number of halogens is 2. The van der Waals surface area contributed by atoms with E-state index in [2.05, 4.69) is 10.3 Å². The standard InChI is InChI=1S/C18H14F2N2OS/c1-11-4-2-3-5-14(11)18-22-13(10-24-18)9-21-17(23)15-8-12(19)6-7-16(15)20/h2-8,10H,9H2,1H3,(H,21,23). The first kappa shape index (κ1) is 16.3. The molecule has 0 bridgehead atoms. The molecule has 6 heteroatoms. The van der Waals surface area contributed by atoms with Crippen LogP contribution in [0.25, 0.3) is 10.6 Å². The monoisotopic (exact) mass is 344 g/mol. The minimum Gasteiger partial charge on any atom is -0.346 e. The van der Waals surface area contributed by atoms with Crippen molar-refractivity contribution < 1.29 is 13.6 Å². The molecule has 0 saturated heterocycles. The molecule has 0 radical (unpaired) electrons. The Morgan fingerprint density at radius 2 is 2.00 bits per heavy atom. The van der Waals surface area contributed by atoms with Crippen molar-refractivity contribution in [1.29, 1.82) is 0 Å². The fourth-order valence-electron chi connectivity index (χ4n) is 2.26. The van der Waals surface area contributed by atoms with E-state index in [1.165, 1.54) is 11.3 Å². The molecule has 1 N–H and O–H groups in total. The molecular formula is C18H14F2N2OS. The second kappa shape index (κ2) is 6.88. The molecule has 3 rings (SSSR count). The van der Waals surface area contributed by atoms with Crippen LogP contribution >= 0.6 is 11.3 Å². The van der Waals surface area contributed by atoms with Gasteiger partial charge < -0.3 is 5.32 Å². The molecule has 0 saturated carbocycles. The number of rotatable bonds is 4. The highest BCUT2D eigenvalue weighted by Gasteiger charge is 2.13. The Morgan fingerprint density at radius 1 is 1.21 bits per heavy atom. The first-order valence-electron chi connectivity index (χ1n) is 7.28. The summed E-state index contributed by atoms with van der Waals surface area (Å²) in [6.45, 7) is 2.15. The lowest BCUT2D eigenvalue weighted by Crippen LogP contribution is -2.24. The van der Waals surface area contributed by atoms with E-state index in [0.29, 0.717) is 5.69 Å². The van der Waals surface area contributed by atoms with Gasteiger partial charge in [0.2, 0.25) is 0 Å². The lowest BCUT2D eigenvalue weighted by molar-refractivity contribution is 0.0946. The number of thiazole rings is 1. The minimum atomic E-state index is -0.757. The van der Waals surface area contributed by atoms with Gasteiger partial charge in [0.25, 0.3) is 5.91 Å². The van der Waals surface area contributed by atoms with Crippen molar-refractivity contribution in [1.82, 2.24) is 10.3 Å². The first-order chi connectivity index (χ1) is 11.5. The summed E-state index contributed by atoms with van der Waals surface area (Å²) < 4.78 is 26.7. The number of carbonyl (C=O) groups excluding carboxylic acids is 1. The van der Waals surface area contributed by atoms with Gasteiger partial charge in [-0.2, -0.15) is 0 Å². The summed E-state index contributed by atoms with van der Waals surface area (Å²) in [5, 5.41) is 5.25. The van der Waals surface area contributed by atoms with E-state index in [1.807, 2.05) is 36.6 Å². The summed E-state index contributed by atoms with van der Waals surface area (Å²) >= 11 is 1.47. The maximum Gasteiger partial charge on any atom is 0.254 e. The van der Waals surface area contributed by atoms with Gasteiger partial charge in [0, 0.05) is 10.9 Å². The van der Waals surface area contributed by atoms with E-state index in [1.54, 1.807) is 0 Å². The van der Waals surface area contributed by atoms with Crippen molar-refractivity contribution in [2.45, 2.75) is 13.5 Å². The van der Waals surface area contributed by atoms with Crippen LogP contribution in [0, 0.1) is 18.6 Å². The Kier molecular flexibility index (Phi) is 4.66. The van der Waals surface area contributed by atoms with Crippen LogP contribution in [0.5, 0.6) is 0 Å². The number of hydrogen-bond acceptors (Lipinski definition) is 3. The van der Waals surface area contributed by atoms with Crippen molar-refractivity contribution >= 4 is 17.2 Å². The van der Waals surface area contributed by atoms with Gasteiger partial charge in [-0.05, 0) is 30.7 Å². The van der Waals surface area contributed by atoms with Crippen molar-refractivity contribution in [2.75, 3.05) is 0 Å². The van der Waals surface area contributed by atoms with Crippen molar-refractivity contribution in [2.24, 2.45) is 0 Å². The van der Waals surface area contributed by atoms with E-state index < -0.39 is 17.5 Å². The summed E-state index contributed by atoms with van der Waals surface area (Å²) in [5.41, 5.74) is 2.51. The largest absolute Gasteiger partial charge is 0.346 e. The number of nitrogens with one attached hydrogen (secondary N) is 1. The molecule has 24 heavy (non-hydrogen) atoms.